The fraction of sp³-hybridized carbons (Fsp3) is 0.550. The first-order valence-corrected chi connectivity index (χ1v) is 9.64. The van der Waals surface area contributed by atoms with E-state index in [1.165, 1.54) is 0 Å². The van der Waals surface area contributed by atoms with Crippen molar-refractivity contribution in [1.29, 1.82) is 0 Å². The number of benzene rings is 1. The van der Waals surface area contributed by atoms with E-state index in [9.17, 15) is 9.59 Å². The van der Waals surface area contributed by atoms with Crippen molar-refractivity contribution in [1.82, 2.24) is 19.4 Å². The molecule has 0 aliphatic carbocycles. The van der Waals surface area contributed by atoms with Crippen molar-refractivity contribution in [2.75, 3.05) is 32.8 Å². The Labute approximate surface area is 159 Å². The summed E-state index contributed by atoms with van der Waals surface area (Å²) in [7, 11) is 0. The Balaban J connectivity index is 1.63. The summed E-state index contributed by atoms with van der Waals surface area (Å²) < 4.78 is 7.19. The van der Waals surface area contributed by atoms with Crippen LogP contribution >= 0.6 is 0 Å². The lowest BCUT2D eigenvalue weighted by atomic mass is 10.1. The molecule has 2 amide bonds. The van der Waals surface area contributed by atoms with Gasteiger partial charge < -0.3 is 19.1 Å². The van der Waals surface area contributed by atoms with Crippen LogP contribution < -0.4 is 0 Å². The molecule has 0 N–H and O–H groups in total. The molecule has 1 aromatic heterocycles. The molecular formula is C20H28N4O3. The number of fused-ring (bicyclic) bond motifs is 1. The predicted octanol–water partition coefficient (Wildman–Crippen LogP) is 2.85. The molecule has 3 rings (SSSR count). The number of carbonyl (C=O) groups excluding carboxylic acids is 2. The summed E-state index contributed by atoms with van der Waals surface area (Å²) in [6, 6.07) is 6.38. The van der Waals surface area contributed by atoms with Crippen LogP contribution in [0.3, 0.4) is 0 Å². The number of amides is 2. The maximum atomic E-state index is 12.7. The monoisotopic (exact) mass is 372 g/mol. The van der Waals surface area contributed by atoms with E-state index in [4.69, 9.17) is 4.74 Å². The van der Waals surface area contributed by atoms with Crippen LogP contribution in [0.15, 0.2) is 24.5 Å². The third-order valence-corrected chi connectivity index (χ3v) is 4.93. The van der Waals surface area contributed by atoms with Gasteiger partial charge in [0, 0.05) is 32.2 Å². The van der Waals surface area contributed by atoms with Crippen LogP contribution in [0.4, 0.5) is 4.79 Å². The number of rotatable bonds is 4. The standard InChI is InChI=1S/C20H28N4O3/c1-4-27-20(26)23-9-5-8-22(10-11-23)19(25)13-16-6-7-18-17(12-16)21-14-24(18)15(2)3/h6-7,12,14-15H,4-5,8-11,13H2,1-3H3. The molecular weight excluding hydrogens is 344 g/mol. The third-order valence-electron chi connectivity index (χ3n) is 4.93. The fourth-order valence-corrected chi connectivity index (χ4v) is 3.45. The number of nitrogens with zero attached hydrogens (tertiary/aromatic N) is 4. The summed E-state index contributed by atoms with van der Waals surface area (Å²) in [5.41, 5.74) is 2.97. The van der Waals surface area contributed by atoms with Crippen LogP contribution in [0.25, 0.3) is 11.0 Å². The van der Waals surface area contributed by atoms with Gasteiger partial charge in [-0.2, -0.15) is 0 Å². The number of hydrogen-bond donors (Lipinski definition) is 0. The Kier molecular flexibility index (Phi) is 5.98. The van der Waals surface area contributed by atoms with E-state index < -0.39 is 0 Å². The van der Waals surface area contributed by atoms with Crippen LogP contribution in [-0.4, -0.2) is 64.1 Å². The molecule has 2 heterocycles. The number of carbonyl (C=O) groups is 2. The van der Waals surface area contributed by atoms with Gasteiger partial charge >= 0.3 is 6.09 Å². The average Bonchev–Trinajstić information content (AvgIpc) is 2.89. The van der Waals surface area contributed by atoms with Crippen LogP contribution in [-0.2, 0) is 16.0 Å². The van der Waals surface area contributed by atoms with Gasteiger partial charge in [0.1, 0.15) is 0 Å². The summed E-state index contributed by atoms with van der Waals surface area (Å²) >= 11 is 0. The van der Waals surface area contributed by atoms with Gasteiger partial charge in [-0.05, 0) is 44.9 Å². The van der Waals surface area contributed by atoms with Gasteiger partial charge in [0.2, 0.25) is 5.91 Å². The number of imidazole rings is 1. The van der Waals surface area contributed by atoms with Crippen LogP contribution in [0.5, 0.6) is 0 Å². The molecule has 7 nitrogen and oxygen atoms in total. The number of hydrogen-bond acceptors (Lipinski definition) is 4. The molecule has 0 unspecified atom stereocenters. The minimum Gasteiger partial charge on any atom is -0.450 e. The summed E-state index contributed by atoms with van der Waals surface area (Å²) in [6.07, 6.45) is 2.67. The van der Waals surface area contributed by atoms with Crippen molar-refractivity contribution in [2.45, 2.75) is 39.7 Å². The van der Waals surface area contributed by atoms with E-state index in [1.54, 1.807) is 11.8 Å². The highest BCUT2D eigenvalue weighted by Crippen LogP contribution is 2.19. The van der Waals surface area contributed by atoms with Crippen molar-refractivity contribution in [2.24, 2.45) is 0 Å². The van der Waals surface area contributed by atoms with Gasteiger partial charge in [-0.1, -0.05) is 6.07 Å². The van der Waals surface area contributed by atoms with Gasteiger partial charge in [-0.15, -0.1) is 0 Å². The smallest absolute Gasteiger partial charge is 0.409 e. The van der Waals surface area contributed by atoms with Gasteiger partial charge in [-0.3, -0.25) is 4.79 Å². The molecule has 7 heteroatoms. The van der Waals surface area contributed by atoms with Gasteiger partial charge in [0.05, 0.1) is 30.4 Å². The van der Waals surface area contributed by atoms with Crippen molar-refractivity contribution in [3.05, 3.63) is 30.1 Å². The highest BCUT2D eigenvalue weighted by molar-refractivity contribution is 5.82. The lowest BCUT2D eigenvalue weighted by Crippen LogP contribution is -2.38. The second-order valence-corrected chi connectivity index (χ2v) is 7.17. The second-order valence-electron chi connectivity index (χ2n) is 7.17. The first kappa shape index (κ1) is 19.2. The van der Waals surface area contributed by atoms with Crippen molar-refractivity contribution >= 4 is 23.0 Å². The summed E-state index contributed by atoms with van der Waals surface area (Å²) in [6.45, 7) is 8.76. The summed E-state index contributed by atoms with van der Waals surface area (Å²) in [4.78, 5) is 32.6. The van der Waals surface area contributed by atoms with Gasteiger partial charge in [0.25, 0.3) is 0 Å². The number of ether oxygens (including phenoxy) is 1. The molecule has 1 aliphatic rings. The first-order chi connectivity index (χ1) is 13.0. The lowest BCUT2D eigenvalue weighted by molar-refractivity contribution is -0.130. The van der Waals surface area contributed by atoms with E-state index >= 15 is 0 Å². The molecule has 0 spiro atoms. The van der Waals surface area contributed by atoms with E-state index in [0.717, 1.165) is 23.0 Å². The Hall–Kier alpha value is -2.57. The maximum Gasteiger partial charge on any atom is 0.409 e. The molecule has 0 atom stereocenters. The van der Waals surface area contributed by atoms with Crippen molar-refractivity contribution in [3.8, 4) is 0 Å². The van der Waals surface area contributed by atoms with E-state index in [1.807, 2.05) is 29.4 Å². The maximum absolute atomic E-state index is 12.7. The zero-order valence-electron chi connectivity index (χ0n) is 16.4. The number of aromatic nitrogens is 2. The molecule has 1 aliphatic heterocycles. The fourth-order valence-electron chi connectivity index (χ4n) is 3.45. The average molecular weight is 372 g/mol. The quantitative estimate of drug-likeness (QED) is 0.828. The molecule has 1 saturated heterocycles. The molecule has 2 aromatic rings. The molecule has 0 saturated carbocycles. The van der Waals surface area contributed by atoms with Gasteiger partial charge in [0.15, 0.2) is 0 Å². The Morgan fingerprint density at radius 1 is 1.15 bits per heavy atom. The van der Waals surface area contributed by atoms with Gasteiger partial charge in [-0.25, -0.2) is 9.78 Å². The molecule has 1 fully saturated rings. The van der Waals surface area contributed by atoms with Crippen molar-refractivity contribution < 1.29 is 14.3 Å². The Bertz CT molecular complexity index is 815. The van der Waals surface area contributed by atoms with E-state index in [2.05, 4.69) is 23.4 Å². The Morgan fingerprint density at radius 2 is 1.89 bits per heavy atom. The van der Waals surface area contributed by atoms with Crippen LogP contribution in [0.2, 0.25) is 0 Å². The summed E-state index contributed by atoms with van der Waals surface area (Å²) in [5, 5.41) is 0. The molecule has 1 aromatic carbocycles. The zero-order valence-corrected chi connectivity index (χ0v) is 16.4. The highest BCUT2D eigenvalue weighted by atomic mass is 16.6. The lowest BCUT2D eigenvalue weighted by Gasteiger charge is -2.21. The normalized spacial score (nSPS) is 15.3. The largest absolute Gasteiger partial charge is 0.450 e. The zero-order chi connectivity index (χ0) is 19.4. The van der Waals surface area contributed by atoms with Crippen LogP contribution in [0.1, 0.15) is 38.8 Å². The van der Waals surface area contributed by atoms with Crippen molar-refractivity contribution in [3.63, 3.8) is 0 Å². The van der Waals surface area contributed by atoms with E-state index in [0.29, 0.717) is 45.2 Å². The predicted molar refractivity (Wildman–Crippen MR) is 104 cm³/mol. The molecule has 27 heavy (non-hydrogen) atoms. The second kappa shape index (κ2) is 8.41. The van der Waals surface area contributed by atoms with E-state index in [-0.39, 0.29) is 12.0 Å². The molecule has 146 valence electrons. The molecule has 0 bridgehead atoms. The first-order valence-electron chi connectivity index (χ1n) is 9.64. The minimum atomic E-state index is -0.294. The topological polar surface area (TPSA) is 67.7 Å². The van der Waals surface area contributed by atoms with Crippen LogP contribution in [0, 0.1) is 0 Å². The third kappa shape index (κ3) is 4.40. The Morgan fingerprint density at radius 3 is 2.63 bits per heavy atom. The summed E-state index contributed by atoms with van der Waals surface area (Å²) in [5.74, 6) is 0.0864. The minimum absolute atomic E-state index is 0.0864. The molecule has 0 radical (unpaired) electrons. The highest BCUT2D eigenvalue weighted by Gasteiger charge is 2.22. The SMILES string of the molecule is CCOC(=O)N1CCCN(C(=O)Cc2ccc3c(c2)ncn3C(C)C)CC1.